The molecule has 1 unspecified atom stereocenters. The van der Waals surface area contributed by atoms with E-state index < -0.39 is 0 Å². The van der Waals surface area contributed by atoms with Crippen molar-refractivity contribution in [1.82, 2.24) is 10.2 Å². The van der Waals surface area contributed by atoms with Crippen molar-refractivity contribution in [2.24, 2.45) is 0 Å². The van der Waals surface area contributed by atoms with Gasteiger partial charge in [0.05, 0.1) is 0 Å². The molecule has 86 valence electrons. The minimum absolute atomic E-state index is 0.575. The zero-order valence-corrected chi connectivity index (χ0v) is 9.95. The van der Waals surface area contributed by atoms with Crippen LogP contribution in [-0.4, -0.2) is 31.6 Å². The van der Waals surface area contributed by atoms with Gasteiger partial charge in [-0.05, 0) is 36.9 Å². The Kier molecular flexibility index (Phi) is 2.70. The van der Waals surface area contributed by atoms with Gasteiger partial charge in [-0.2, -0.15) is 0 Å². The van der Waals surface area contributed by atoms with Crippen molar-refractivity contribution in [2.45, 2.75) is 24.8 Å². The first kappa shape index (κ1) is 10.3. The highest BCUT2D eigenvalue weighted by Crippen LogP contribution is 2.43. The number of hydrogen-bond donors (Lipinski definition) is 1. The van der Waals surface area contributed by atoms with Gasteiger partial charge in [0.25, 0.3) is 0 Å². The Morgan fingerprint density at radius 3 is 2.62 bits per heavy atom. The van der Waals surface area contributed by atoms with Crippen molar-refractivity contribution < 1.29 is 0 Å². The fraction of sp³-hybridized carbons (Fsp3) is 0.571. The van der Waals surface area contributed by atoms with E-state index in [1.165, 1.54) is 12.8 Å². The SMILES string of the molecule is CN1CCNCC1c1ccccc1C1CC1. The molecule has 1 aromatic carbocycles. The monoisotopic (exact) mass is 216 g/mol. The number of nitrogens with one attached hydrogen (secondary N) is 1. The van der Waals surface area contributed by atoms with E-state index in [0.717, 1.165) is 25.6 Å². The Hall–Kier alpha value is -0.860. The molecule has 2 fully saturated rings. The Bertz CT molecular complexity index is 371. The minimum Gasteiger partial charge on any atom is -0.314 e. The smallest absolute Gasteiger partial charge is 0.0473 e. The van der Waals surface area contributed by atoms with Crippen LogP contribution in [0.1, 0.15) is 35.9 Å². The lowest BCUT2D eigenvalue weighted by Crippen LogP contribution is -2.44. The second-order valence-corrected chi connectivity index (χ2v) is 5.10. The summed E-state index contributed by atoms with van der Waals surface area (Å²) in [5, 5.41) is 3.51. The maximum atomic E-state index is 3.51. The third-order valence-electron chi connectivity index (χ3n) is 3.88. The molecule has 2 aliphatic rings. The molecule has 1 saturated carbocycles. The lowest BCUT2D eigenvalue weighted by molar-refractivity contribution is 0.201. The van der Waals surface area contributed by atoms with Crippen LogP contribution in [0.15, 0.2) is 24.3 Å². The van der Waals surface area contributed by atoms with Gasteiger partial charge in [0, 0.05) is 25.7 Å². The molecule has 1 heterocycles. The number of likely N-dealkylation sites (N-methyl/N-ethyl adjacent to an activating group) is 1. The topological polar surface area (TPSA) is 15.3 Å². The fourth-order valence-electron chi connectivity index (χ4n) is 2.73. The highest BCUT2D eigenvalue weighted by molar-refractivity contribution is 5.36. The molecule has 16 heavy (non-hydrogen) atoms. The van der Waals surface area contributed by atoms with Gasteiger partial charge in [0.2, 0.25) is 0 Å². The average Bonchev–Trinajstić information content (AvgIpc) is 3.14. The molecule has 1 atom stereocenters. The van der Waals surface area contributed by atoms with E-state index in [-0.39, 0.29) is 0 Å². The van der Waals surface area contributed by atoms with Crippen LogP contribution in [-0.2, 0) is 0 Å². The summed E-state index contributed by atoms with van der Waals surface area (Å²) in [5.74, 6) is 0.853. The molecule has 2 heteroatoms. The quantitative estimate of drug-likeness (QED) is 0.815. The van der Waals surface area contributed by atoms with Crippen LogP contribution in [0.2, 0.25) is 0 Å². The number of rotatable bonds is 2. The lowest BCUT2D eigenvalue weighted by atomic mass is 9.95. The molecule has 0 aromatic heterocycles. The third kappa shape index (κ3) is 1.87. The van der Waals surface area contributed by atoms with Crippen LogP contribution < -0.4 is 5.32 Å². The summed E-state index contributed by atoms with van der Waals surface area (Å²) in [7, 11) is 2.25. The van der Waals surface area contributed by atoms with E-state index in [0.29, 0.717) is 6.04 Å². The maximum absolute atomic E-state index is 3.51. The molecular weight excluding hydrogens is 196 g/mol. The summed E-state index contributed by atoms with van der Waals surface area (Å²) in [6.45, 7) is 3.38. The predicted octanol–water partition coefficient (Wildman–Crippen LogP) is 2.14. The lowest BCUT2D eigenvalue weighted by Gasteiger charge is -2.34. The summed E-state index contributed by atoms with van der Waals surface area (Å²) in [4.78, 5) is 2.48. The zero-order valence-electron chi connectivity index (χ0n) is 9.95. The molecule has 0 amide bonds. The van der Waals surface area contributed by atoms with Crippen LogP contribution >= 0.6 is 0 Å². The van der Waals surface area contributed by atoms with Gasteiger partial charge in [-0.3, -0.25) is 4.90 Å². The molecule has 0 radical (unpaired) electrons. The van der Waals surface area contributed by atoms with Gasteiger partial charge in [-0.15, -0.1) is 0 Å². The molecule has 0 spiro atoms. The Morgan fingerprint density at radius 1 is 1.19 bits per heavy atom. The average molecular weight is 216 g/mol. The van der Waals surface area contributed by atoms with Crippen LogP contribution in [0.4, 0.5) is 0 Å². The molecular formula is C14H20N2. The molecule has 1 N–H and O–H groups in total. The Morgan fingerprint density at radius 2 is 1.94 bits per heavy atom. The first-order valence-electron chi connectivity index (χ1n) is 6.36. The highest BCUT2D eigenvalue weighted by Gasteiger charge is 2.30. The van der Waals surface area contributed by atoms with Gasteiger partial charge < -0.3 is 5.32 Å². The molecule has 3 rings (SSSR count). The zero-order chi connectivity index (χ0) is 11.0. The second-order valence-electron chi connectivity index (χ2n) is 5.10. The van der Waals surface area contributed by atoms with E-state index in [1.807, 2.05) is 0 Å². The number of piperazine rings is 1. The van der Waals surface area contributed by atoms with Crippen LogP contribution in [0, 0.1) is 0 Å². The summed E-state index contributed by atoms with van der Waals surface area (Å²) in [6, 6.07) is 9.60. The highest BCUT2D eigenvalue weighted by atomic mass is 15.2. The summed E-state index contributed by atoms with van der Waals surface area (Å²) < 4.78 is 0. The van der Waals surface area contributed by atoms with Crippen molar-refractivity contribution >= 4 is 0 Å². The van der Waals surface area contributed by atoms with Gasteiger partial charge >= 0.3 is 0 Å². The summed E-state index contributed by atoms with van der Waals surface area (Å²) in [6.07, 6.45) is 2.78. The molecule has 2 nitrogen and oxygen atoms in total. The van der Waals surface area contributed by atoms with Crippen molar-refractivity contribution in [3.63, 3.8) is 0 Å². The van der Waals surface area contributed by atoms with Crippen molar-refractivity contribution in [3.8, 4) is 0 Å². The molecule has 1 saturated heterocycles. The normalized spacial score (nSPS) is 26.9. The predicted molar refractivity (Wildman–Crippen MR) is 66.7 cm³/mol. The maximum Gasteiger partial charge on any atom is 0.0473 e. The molecule has 1 aliphatic heterocycles. The molecule has 1 aliphatic carbocycles. The number of hydrogen-bond acceptors (Lipinski definition) is 2. The van der Waals surface area contributed by atoms with E-state index in [1.54, 1.807) is 11.1 Å². The second kappa shape index (κ2) is 4.19. The van der Waals surface area contributed by atoms with Crippen molar-refractivity contribution in [3.05, 3.63) is 35.4 Å². The van der Waals surface area contributed by atoms with Crippen molar-refractivity contribution in [2.75, 3.05) is 26.7 Å². The van der Waals surface area contributed by atoms with Gasteiger partial charge in [-0.1, -0.05) is 24.3 Å². The third-order valence-corrected chi connectivity index (χ3v) is 3.88. The van der Waals surface area contributed by atoms with Crippen LogP contribution in [0.3, 0.4) is 0 Å². The van der Waals surface area contributed by atoms with E-state index in [9.17, 15) is 0 Å². The Labute approximate surface area is 97.6 Å². The molecule has 1 aromatic rings. The first-order valence-corrected chi connectivity index (χ1v) is 6.36. The van der Waals surface area contributed by atoms with Crippen molar-refractivity contribution in [1.29, 1.82) is 0 Å². The van der Waals surface area contributed by atoms with E-state index in [2.05, 4.69) is 41.5 Å². The summed E-state index contributed by atoms with van der Waals surface area (Å²) >= 11 is 0. The summed E-state index contributed by atoms with van der Waals surface area (Å²) in [5.41, 5.74) is 3.16. The van der Waals surface area contributed by atoms with E-state index in [4.69, 9.17) is 0 Å². The number of nitrogens with zero attached hydrogens (tertiary/aromatic N) is 1. The fourth-order valence-corrected chi connectivity index (χ4v) is 2.73. The van der Waals surface area contributed by atoms with Gasteiger partial charge in [0.15, 0.2) is 0 Å². The first-order chi connectivity index (χ1) is 7.86. The van der Waals surface area contributed by atoms with Gasteiger partial charge in [0.1, 0.15) is 0 Å². The van der Waals surface area contributed by atoms with Crippen LogP contribution in [0.25, 0.3) is 0 Å². The Balaban J connectivity index is 1.91. The van der Waals surface area contributed by atoms with Gasteiger partial charge in [-0.25, -0.2) is 0 Å². The standard InChI is InChI=1S/C14H20N2/c1-16-9-8-15-10-14(16)13-5-3-2-4-12(13)11-6-7-11/h2-5,11,14-15H,6-10H2,1H3. The van der Waals surface area contributed by atoms with Crippen LogP contribution in [0.5, 0.6) is 0 Å². The largest absolute Gasteiger partial charge is 0.314 e. The number of benzene rings is 1. The minimum atomic E-state index is 0.575. The van der Waals surface area contributed by atoms with E-state index >= 15 is 0 Å². The molecule has 0 bridgehead atoms.